The van der Waals surface area contributed by atoms with Gasteiger partial charge in [-0.2, -0.15) is 0 Å². The minimum atomic E-state index is -1.42. The number of rotatable bonds is 15. The number of carbonyl (C=O) groups is 5. The summed E-state index contributed by atoms with van der Waals surface area (Å²) in [5.41, 5.74) is 4.31. The number of aliphatic hydroxyl groups is 1. The number of ketones is 1. The molecule has 2 heterocycles. The third kappa shape index (κ3) is 9.83. The predicted molar refractivity (Wildman–Crippen MR) is 245 cm³/mol. The average Bonchev–Trinajstić information content (AvgIpc) is 3.35. The van der Waals surface area contributed by atoms with Gasteiger partial charge < -0.3 is 24.6 Å². The topological polar surface area (TPSA) is 161 Å². The zero-order valence-electron chi connectivity index (χ0n) is 35.5. The Labute approximate surface area is 375 Å². The molecule has 1 aromatic heterocycles. The molecule has 1 aliphatic rings. The molecule has 0 saturated carbocycles. The Kier molecular flexibility index (Phi) is 13.5. The predicted octanol–water partition coefficient (Wildman–Crippen LogP) is 8.57. The van der Waals surface area contributed by atoms with E-state index in [2.05, 4.69) is 5.32 Å². The summed E-state index contributed by atoms with van der Waals surface area (Å²) in [5, 5.41) is 13.4. The van der Waals surface area contributed by atoms with Crippen LogP contribution >= 0.6 is 0 Å². The van der Waals surface area contributed by atoms with Crippen LogP contribution in [-0.4, -0.2) is 71.6 Å². The molecule has 12 heteroatoms. The number of pyridine rings is 1. The Morgan fingerprint density at radius 1 is 0.692 bits per heavy atom. The van der Waals surface area contributed by atoms with E-state index >= 15 is 4.79 Å². The molecule has 0 radical (unpaired) electrons. The van der Waals surface area contributed by atoms with Crippen molar-refractivity contribution in [1.29, 1.82) is 0 Å². The highest BCUT2D eigenvalue weighted by molar-refractivity contribution is 6.10. The van der Waals surface area contributed by atoms with Crippen LogP contribution in [0.1, 0.15) is 78.5 Å². The second kappa shape index (κ2) is 20.0. The van der Waals surface area contributed by atoms with Gasteiger partial charge in [0.2, 0.25) is 0 Å². The average molecular weight is 868 g/mol. The van der Waals surface area contributed by atoms with Gasteiger partial charge in [-0.1, -0.05) is 109 Å². The fourth-order valence-electron chi connectivity index (χ4n) is 7.92. The highest BCUT2D eigenvalue weighted by Gasteiger charge is 2.48. The first kappa shape index (κ1) is 43.7. The molecule has 0 aliphatic carbocycles. The largest absolute Gasteiger partial charge is 0.493 e. The molecule has 1 aliphatic heterocycles. The van der Waals surface area contributed by atoms with Crippen LogP contribution < -0.4 is 15.0 Å². The zero-order valence-corrected chi connectivity index (χ0v) is 35.5. The molecule has 0 spiro atoms. The van der Waals surface area contributed by atoms with Gasteiger partial charge in [0.25, 0.3) is 11.8 Å². The van der Waals surface area contributed by atoms with Gasteiger partial charge in [0.1, 0.15) is 17.5 Å². The Balaban J connectivity index is 1.24. The first-order valence-corrected chi connectivity index (χ1v) is 21.3. The third-order valence-electron chi connectivity index (χ3n) is 11.1. The second-order valence-corrected chi connectivity index (χ2v) is 15.3. The molecule has 8 rings (SSSR count). The number of amides is 2. The number of anilines is 1. The van der Waals surface area contributed by atoms with Crippen molar-refractivity contribution in [3.63, 3.8) is 0 Å². The molecule has 6 aromatic carbocycles. The number of para-hydroxylation sites is 1. The number of hydrogen-bond acceptors (Lipinski definition) is 10. The van der Waals surface area contributed by atoms with Crippen molar-refractivity contribution in [3.05, 3.63) is 197 Å². The van der Waals surface area contributed by atoms with Gasteiger partial charge in [-0.25, -0.2) is 9.78 Å². The molecule has 0 fully saturated rings. The second-order valence-electron chi connectivity index (χ2n) is 15.3. The van der Waals surface area contributed by atoms with Crippen molar-refractivity contribution in [3.8, 4) is 16.9 Å². The highest BCUT2D eigenvalue weighted by atomic mass is 16.5. The molecule has 2 amide bonds. The SMILES string of the molecule is CCOC(=O)C[C@H]1[C@H](OC(=O)c2ccc(C(=O)c3ccccc3)cc2)[C@@H](NC(=O)c2ccc(-c3ccccc3)cc2)c2cc(OCCCO)ccc2N1C(=O)c1ccc2ccccc2n1. The van der Waals surface area contributed by atoms with Crippen LogP contribution in [0, 0.1) is 0 Å². The highest BCUT2D eigenvalue weighted by Crippen LogP contribution is 2.43. The molecular weight excluding hydrogens is 823 g/mol. The molecule has 326 valence electrons. The molecular formula is C53H45N3O9. The molecule has 0 bridgehead atoms. The number of aromatic nitrogens is 1. The van der Waals surface area contributed by atoms with Crippen molar-refractivity contribution in [2.45, 2.75) is 38.0 Å². The van der Waals surface area contributed by atoms with Crippen molar-refractivity contribution in [1.82, 2.24) is 10.3 Å². The van der Waals surface area contributed by atoms with E-state index in [-0.39, 0.29) is 36.9 Å². The van der Waals surface area contributed by atoms with Crippen LogP contribution in [0.15, 0.2) is 164 Å². The first-order chi connectivity index (χ1) is 31.7. The van der Waals surface area contributed by atoms with E-state index in [0.29, 0.717) is 45.6 Å². The molecule has 3 atom stereocenters. The van der Waals surface area contributed by atoms with Crippen LogP contribution in [0.4, 0.5) is 5.69 Å². The third-order valence-corrected chi connectivity index (χ3v) is 11.1. The minimum Gasteiger partial charge on any atom is -0.493 e. The monoisotopic (exact) mass is 867 g/mol. The molecule has 2 N–H and O–H groups in total. The number of hydrogen-bond donors (Lipinski definition) is 2. The van der Waals surface area contributed by atoms with E-state index in [4.69, 9.17) is 19.2 Å². The number of esters is 2. The van der Waals surface area contributed by atoms with E-state index in [1.165, 1.54) is 29.2 Å². The Bertz CT molecular complexity index is 2830. The fraction of sp³-hybridized carbons (Fsp3) is 0.170. The zero-order chi connectivity index (χ0) is 45.3. The van der Waals surface area contributed by atoms with Crippen molar-refractivity contribution >= 4 is 46.1 Å². The van der Waals surface area contributed by atoms with Crippen molar-refractivity contribution in [2.75, 3.05) is 24.7 Å². The lowest BCUT2D eigenvalue weighted by Gasteiger charge is -2.45. The van der Waals surface area contributed by atoms with Crippen molar-refractivity contribution in [2.24, 2.45) is 0 Å². The number of fused-ring (bicyclic) bond motifs is 2. The van der Waals surface area contributed by atoms with Crippen LogP contribution in [0.25, 0.3) is 22.0 Å². The summed E-state index contributed by atoms with van der Waals surface area (Å²) < 4.78 is 17.9. The molecule has 0 unspecified atom stereocenters. The maximum Gasteiger partial charge on any atom is 0.338 e. The maximum absolute atomic E-state index is 15.1. The van der Waals surface area contributed by atoms with Crippen LogP contribution in [-0.2, 0) is 14.3 Å². The van der Waals surface area contributed by atoms with Gasteiger partial charge in [-0.05, 0) is 72.6 Å². The summed E-state index contributed by atoms with van der Waals surface area (Å²) in [4.78, 5) is 76.9. The van der Waals surface area contributed by atoms with Gasteiger partial charge in [0.05, 0.1) is 48.5 Å². The summed E-state index contributed by atoms with van der Waals surface area (Å²) in [7, 11) is 0. The molecule has 7 aromatic rings. The molecule has 65 heavy (non-hydrogen) atoms. The van der Waals surface area contributed by atoms with E-state index in [9.17, 15) is 24.3 Å². The summed E-state index contributed by atoms with van der Waals surface area (Å²) in [6.07, 6.45) is -1.52. The van der Waals surface area contributed by atoms with E-state index < -0.39 is 48.4 Å². The van der Waals surface area contributed by atoms with Gasteiger partial charge in [0.15, 0.2) is 5.78 Å². The maximum atomic E-state index is 15.1. The van der Waals surface area contributed by atoms with Gasteiger partial charge >= 0.3 is 11.9 Å². The quantitative estimate of drug-likeness (QED) is 0.0580. The van der Waals surface area contributed by atoms with E-state index in [1.807, 2.05) is 66.7 Å². The summed E-state index contributed by atoms with van der Waals surface area (Å²) in [6.45, 7) is 1.75. The van der Waals surface area contributed by atoms with Gasteiger partial charge in [-0.15, -0.1) is 0 Å². The number of carbonyl (C=O) groups excluding carboxylic acids is 5. The lowest BCUT2D eigenvalue weighted by atomic mass is 9.85. The van der Waals surface area contributed by atoms with Crippen LogP contribution in [0.5, 0.6) is 5.75 Å². The number of ether oxygens (including phenoxy) is 3. The number of benzene rings is 6. The summed E-state index contributed by atoms with van der Waals surface area (Å²) >= 11 is 0. The van der Waals surface area contributed by atoms with Gasteiger partial charge in [0, 0.05) is 40.7 Å². The number of nitrogens with zero attached hydrogens (tertiary/aromatic N) is 2. The normalized spacial score (nSPS) is 15.4. The molecule has 0 saturated heterocycles. The Hall–Kier alpha value is -7.96. The first-order valence-electron chi connectivity index (χ1n) is 21.3. The van der Waals surface area contributed by atoms with E-state index in [0.717, 1.165) is 16.5 Å². The Morgan fingerprint density at radius 2 is 1.34 bits per heavy atom. The minimum absolute atomic E-state index is 0.0362. The van der Waals surface area contributed by atoms with Gasteiger partial charge in [-0.3, -0.25) is 24.1 Å². The van der Waals surface area contributed by atoms with Crippen LogP contribution in [0.3, 0.4) is 0 Å². The lowest BCUT2D eigenvalue weighted by molar-refractivity contribution is -0.144. The summed E-state index contributed by atoms with van der Waals surface area (Å²) in [5.74, 6) is -2.54. The van der Waals surface area contributed by atoms with Crippen LogP contribution in [0.2, 0.25) is 0 Å². The smallest absolute Gasteiger partial charge is 0.338 e. The Morgan fingerprint density at radius 3 is 2.06 bits per heavy atom. The van der Waals surface area contributed by atoms with E-state index in [1.54, 1.807) is 79.7 Å². The molecule has 12 nitrogen and oxygen atoms in total. The summed E-state index contributed by atoms with van der Waals surface area (Å²) in [6, 6.07) is 44.6. The fourth-order valence-corrected chi connectivity index (χ4v) is 7.92. The number of nitrogens with one attached hydrogen (secondary N) is 1. The standard InChI is InChI=1S/C53H45N3O9/c1-2-63-47(58)33-46-50(65-53(62)40-24-20-38(21-25-40)49(59)37-15-7-4-8-16-37)48(55-51(60)39-22-18-35(19-23-39)34-12-5-3-6-13-34)42-32-41(64-31-11-30-57)27-29-45(42)56(46)52(61)44-28-26-36-14-9-10-17-43(36)54-44/h3-10,12-29,32,46,48,50,57H,2,11,30-31,33H2,1H3,(H,55,60)/t46-,48-,50-/m0/s1. The number of aliphatic hydroxyl groups excluding tert-OH is 1. The lowest BCUT2D eigenvalue weighted by Crippen LogP contribution is -2.58. The van der Waals surface area contributed by atoms with Crippen molar-refractivity contribution < 1.29 is 43.3 Å².